The Balaban J connectivity index is 2.42. The third-order valence-corrected chi connectivity index (χ3v) is 4.54. The van der Waals surface area contributed by atoms with Gasteiger partial charge in [-0.15, -0.1) is 0 Å². The van der Waals surface area contributed by atoms with E-state index in [0.29, 0.717) is 12.8 Å². The van der Waals surface area contributed by atoms with Gasteiger partial charge < -0.3 is 10.8 Å². The fraction of sp³-hybridized carbons (Fsp3) is 0.500. The number of aryl methyl sites for hydroxylation is 1. The van der Waals surface area contributed by atoms with Crippen LogP contribution in [-0.2, 0) is 5.54 Å². The smallest absolute Gasteiger partial charge is 0.0582 e. The first-order valence-corrected chi connectivity index (χ1v) is 5.96. The van der Waals surface area contributed by atoms with Gasteiger partial charge in [-0.3, -0.25) is 0 Å². The van der Waals surface area contributed by atoms with E-state index in [0.717, 1.165) is 10.0 Å². The van der Waals surface area contributed by atoms with E-state index < -0.39 is 0 Å². The van der Waals surface area contributed by atoms with Gasteiger partial charge in [-0.05, 0) is 43.4 Å². The molecule has 1 aliphatic carbocycles. The summed E-state index contributed by atoms with van der Waals surface area (Å²) in [7, 11) is 0. The summed E-state index contributed by atoms with van der Waals surface area (Å²) >= 11 is 3.57. The molecule has 1 aromatic rings. The van der Waals surface area contributed by atoms with Crippen LogP contribution in [0.4, 0.5) is 0 Å². The average Bonchev–Trinajstić information content (AvgIpc) is 2.12. The Bertz CT molecular complexity index is 397. The lowest BCUT2D eigenvalue weighted by molar-refractivity contribution is 0.0206. The third-order valence-electron chi connectivity index (χ3n) is 3.32. The van der Waals surface area contributed by atoms with E-state index in [2.05, 4.69) is 41.9 Å². The number of aliphatic hydroxyl groups excluding tert-OH is 1. The van der Waals surface area contributed by atoms with E-state index >= 15 is 0 Å². The Morgan fingerprint density at radius 2 is 2.00 bits per heavy atom. The molecule has 0 aromatic heterocycles. The number of nitrogens with two attached hydrogens (primary N) is 1. The molecule has 0 aliphatic heterocycles. The van der Waals surface area contributed by atoms with E-state index in [-0.39, 0.29) is 11.6 Å². The molecule has 0 amide bonds. The highest BCUT2D eigenvalue weighted by atomic mass is 79.9. The molecule has 1 saturated carbocycles. The molecule has 0 bridgehead atoms. The van der Waals surface area contributed by atoms with Crippen molar-refractivity contribution in [1.29, 1.82) is 0 Å². The van der Waals surface area contributed by atoms with Crippen molar-refractivity contribution in [2.75, 3.05) is 0 Å². The third kappa shape index (κ3) is 1.73. The quantitative estimate of drug-likeness (QED) is 0.823. The summed E-state index contributed by atoms with van der Waals surface area (Å²) in [5.74, 6) is 0. The van der Waals surface area contributed by atoms with Gasteiger partial charge in [0.05, 0.1) is 6.10 Å². The van der Waals surface area contributed by atoms with Crippen LogP contribution in [0.5, 0.6) is 0 Å². The van der Waals surface area contributed by atoms with Gasteiger partial charge in [0.15, 0.2) is 0 Å². The predicted molar refractivity (Wildman–Crippen MR) is 64.7 cm³/mol. The van der Waals surface area contributed by atoms with Crippen molar-refractivity contribution in [2.24, 2.45) is 5.73 Å². The molecule has 1 aromatic carbocycles. The molecule has 82 valence electrons. The van der Waals surface area contributed by atoms with Gasteiger partial charge in [-0.2, -0.15) is 0 Å². The van der Waals surface area contributed by atoms with Gasteiger partial charge in [0.25, 0.3) is 0 Å². The lowest BCUT2D eigenvalue weighted by Crippen LogP contribution is -2.52. The highest BCUT2D eigenvalue weighted by Gasteiger charge is 2.42. The molecular weight excluding hydrogens is 254 g/mol. The van der Waals surface area contributed by atoms with Crippen LogP contribution >= 0.6 is 15.9 Å². The van der Waals surface area contributed by atoms with Gasteiger partial charge >= 0.3 is 0 Å². The number of hydrogen-bond acceptors (Lipinski definition) is 2. The van der Waals surface area contributed by atoms with Crippen molar-refractivity contribution in [2.45, 2.75) is 38.3 Å². The first-order valence-electron chi connectivity index (χ1n) is 5.17. The summed E-state index contributed by atoms with van der Waals surface area (Å²) in [6.07, 6.45) is 1.11. The molecule has 0 unspecified atom stereocenters. The van der Waals surface area contributed by atoms with Crippen LogP contribution in [0, 0.1) is 13.8 Å². The second-order valence-corrected chi connectivity index (χ2v) is 5.38. The van der Waals surface area contributed by atoms with Crippen LogP contribution in [0.1, 0.15) is 29.5 Å². The Morgan fingerprint density at radius 1 is 1.40 bits per heavy atom. The fourth-order valence-electron chi connectivity index (χ4n) is 2.36. The molecular formula is C12H16BrNO. The first-order chi connectivity index (χ1) is 6.94. The summed E-state index contributed by atoms with van der Waals surface area (Å²) in [6.45, 7) is 4.14. The van der Waals surface area contributed by atoms with Crippen LogP contribution in [-0.4, -0.2) is 11.2 Å². The molecule has 1 fully saturated rings. The molecule has 1 aliphatic rings. The Hall–Kier alpha value is -0.380. The minimum Gasteiger partial charge on any atom is -0.393 e. The first kappa shape index (κ1) is 11.1. The molecule has 0 radical (unpaired) electrons. The zero-order valence-corrected chi connectivity index (χ0v) is 10.6. The number of hydrogen-bond donors (Lipinski definition) is 2. The van der Waals surface area contributed by atoms with Crippen LogP contribution in [0.25, 0.3) is 0 Å². The number of aliphatic hydroxyl groups is 1. The summed E-state index contributed by atoms with van der Waals surface area (Å²) in [5.41, 5.74) is 9.51. The van der Waals surface area contributed by atoms with Crippen LogP contribution in [0.15, 0.2) is 16.6 Å². The highest BCUT2D eigenvalue weighted by molar-refractivity contribution is 9.10. The van der Waals surface area contributed by atoms with Gasteiger partial charge in [0.2, 0.25) is 0 Å². The number of benzene rings is 1. The summed E-state index contributed by atoms with van der Waals surface area (Å²) in [5, 5.41) is 9.37. The molecule has 0 saturated heterocycles. The van der Waals surface area contributed by atoms with Gasteiger partial charge in [-0.1, -0.05) is 28.1 Å². The predicted octanol–water partition coefficient (Wildman–Crippen LogP) is 2.37. The summed E-state index contributed by atoms with van der Waals surface area (Å²) in [4.78, 5) is 0. The maximum atomic E-state index is 9.37. The second-order valence-electron chi connectivity index (χ2n) is 4.59. The Morgan fingerprint density at radius 3 is 2.53 bits per heavy atom. The van der Waals surface area contributed by atoms with Crippen molar-refractivity contribution in [1.82, 2.24) is 0 Å². The van der Waals surface area contributed by atoms with Crippen LogP contribution < -0.4 is 5.73 Å². The average molecular weight is 270 g/mol. The van der Waals surface area contributed by atoms with Crippen molar-refractivity contribution >= 4 is 15.9 Å². The molecule has 3 N–H and O–H groups in total. The number of halogens is 1. The monoisotopic (exact) mass is 269 g/mol. The maximum absolute atomic E-state index is 9.37. The van der Waals surface area contributed by atoms with Crippen molar-refractivity contribution in [3.05, 3.63) is 33.3 Å². The highest BCUT2D eigenvalue weighted by Crippen LogP contribution is 2.42. The van der Waals surface area contributed by atoms with Crippen molar-refractivity contribution in [3.63, 3.8) is 0 Å². The zero-order chi connectivity index (χ0) is 11.2. The van der Waals surface area contributed by atoms with E-state index in [1.54, 1.807) is 0 Å². The molecule has 2 nitrogen and oxygen atoms in total. The summed E-state index contributed by atoms with van der Waals surface area (Å²) < 4.78 is 1.13. The topological polar surface area (TPSA) is 46.2 Å². The Kier molecular flexibility index (Phi) is 2.65. The molecule has 3 heteroatoms. The van der Waals surface area contributed by atoms with Crippen LogP contribution in [0.2, 0.25) is 0 Å². The Labute approximate surface area is 98.6 Å². The van der Waals surface area contributed by atoms with E-state index in [1.165, 1.54) is 11.1 Å². The van der Waals surface area contributed by atoms with E-state index in [1.807, 2.05) is 0 Å². The standard InChI is InChI=1S/C12H16BrNO/c1-7-3-4-10(8(2)11(7)13)12(14)5-9(15)6-12/h3-4,9,15H,5-6,14H2,1-2H3. The SMILES string of the molecule is Cc1ccc(C2(N)CC(O)C2)c(C)c1Br. The maximum Gasteiger partial charge on any atom is 0.0582 e. The van der Waals surface area contributed by atoms with Crippen molar-refractivity contribution < 1.29 is 5.11 Å². The minimum absolute atomic E-state index is 0.227. The molecule has 0 heterocycles. The molecule has 2 rings (SSSR count). The van der Waals surface area contributed by atoms with Gasteiger partial charge in [-0.25, -0.2) is 0 Å². The fourth-order valence-corrected chi connectivity index (χ4v) is 2.71. The lowest BCUT2D eigenvalue weighted by Gasteiger charge is -2.43. The largest absolute Gasteiger partial charge is 0.393 e. The second kappa shape index (κ2) is 3.58. The number of rotatable bonds is 1. The summed E-state index contributed by atoms with van der Waals surface area (Å²) in [6, 6.07) is 4.16. The zero-order valence-electron chi connectivity index (χ0n) is 9.05. The molecule has 0 atom stereocenters. The van der Waals surface area contributed by atoms with Crippen molar-refractivity contribution in [3.8, 4) is 0 Å². The molecule has 0 spiro atoms. The van der Waals surface area contributed by atoms with E-state index in [9.17, 15) is 5.11 Å². The van der Waals surface area contributed by atoms with E-state index in [4.69, 9.17) is 5.73 Å². The lowest BCUT2D eigenvalue weighted by atomic mass is 9.69. The minimum atomic E-state index is -0.320. The normalized spacial score (nSPS) is 30.1. The van der Waals surface area contributed by atoms with Crippen LogP contribution in [0.3, 0.4) is 0 Å². The molecule has 15 heavy (non-hydrogen) atoms. The van der Waals surface area contributed by atoms with Gasteiger partial charge in [0, 0.05) is 10.0 Å². The van der Waals surface area contributed by atoms with Gasteiger partial charge in [0.1, 0.15) is 0 Å².